The van der Waals surface area contributed by atoms with E-state index in [2.05, 4.69) is 15.9 Å². The molecule has 7 nitrogen and oxygen atoms in total. The van der Waals surface area contributed by atoms with Crippen LogP contribution in [0.5, 0.6) is 11.5 Å². The SMILES string of the molecule is Cc1ccc(Oc2ccc([N+](=O)[O-])cc2[N+](=O)[O-])c(Br)c1. The fourth-order valence-electron chi connectivity index (χ4n) is 1.66. The number of non-ortho nitro benzene ring substituents is 1. The van der Waals surface area contributed by atoms with E-state index in [4.69, 9.17) is 4.74 Å². The average molecular weight is 353 g/mol. The van der Waals surface area contributed by atoms with Crippen LogP contribution in [0.3, 0.4) is 0 Å². The fourth-order valence-corrected chi connectivity index (χ4v) is 2.23. The van der Waals surface area contributed by atoms with Crippen LogP contribution in [0.4, 0.5) is 11.4 Å². The topological polar surface area (TPSA) is 95.5 Å². The molecule has 2 aromatic rings. The van der Waals surface area contributed by atoms with Crippen LogP contribution >= 0.6 is 15.9 Å². The maximum atomic E-state index is 11.0. The molecule has 2 aromatic carbocycles. The van der Waals surface area contributed by atoms with Crippen LogP contribution < -0.4 is 4.74 Å². The second-order valence-electron chi connectivity index (χ2n) is 4.20. The highest BCUT2D eigenvalue weighted by atomic mass is 79.9. The zero-order chi connectivity index (χ0) is 15.6. The lowest BCUT2D eigenvalue weighted by Crippen LogP contribution is -1.96. The number of nitro benzene ring substituents is 2. The van der Waals surface area contributed by atoms with E-state index >= 15 is 0 Å². The molecular formula is C13H9BrN2O5. The first-order chi connectivity index (χ1) is 9.88. The van der Waals surface area contributed by atoms with Gasteiger partial charge < -0.3 is 4.74 Å². The maximum Gasteiger partial charge on any atom is 0.318 e. The highest BCUT2D eigenvalue weighted by molar-refractivity contribution is 9.10. The Hall–Kier alpha value is -2.48. The predicted molar refractivity (Wildman–Crippen MR) is 78.7 cm³/mol. The van der Waals surface area contributed by atoms with Crippen molar-refractivity contribution in [1.29, 1.82) is 0 Å². The molecule has 108 valence electrons. The molecule has 0 saturated carbocycles. The quantitative estimate of drug-likeness (QED) is 0.601. The van der Waals surface area contributed by atoms with Crippen LogP contribution in [-0.4, -0.2) is 9.85 Å². The number of hydrogen-bond donors (Lipinski definition) is 0. The average Bonchev–Trinajstić information content (AvgIpc) is 2.41. The van der Waals surface area contributed by atoms with E-state index in [9.17, 15) is 20.2 Å². The number of aryl methyl sites for hydroxylation is 1. The Balaban J connectivity index is 2.44. The zero-order valence-corrected chi connectivity index (χ0v) is 12.4. The first kappa shape index (κ1) is 14.9. The standard InChI is InChI=1S/C13H9BrN2O5/c1-8-2-4-12(10(14)6-8)21-13-5-3-9(15(17)18)7-11(13)16(19)20/h2-7H,1H3. The number of ether oxygens (including phenoxy) is 1. The van der Waals surface area contributed by atoms with Gasteiger partial charge in [0.25, 0.3) is 5.69 Å². The zero-order valence-electron chi connectivity index (χ0n) is 10.8. The fraction of sp³-hybridized carbons (Fsp3) is 0.0769. The molecule has 0 atom stereocenters. The summed E-state index contributed by atoms with van der Waals surface area (Å²) in [6.07, 6.45) is 0. The van der Waals surface area contributed by atoms with Crippen LogP contribution in [-0.2, 0) is 0 Å². The molecule has 8 heteroatoms. The molecular weight excluding hydrogens is 344 g/mol. The Bertz CT molecular complexity index is 732. The summed E-state index contributed by atoms with van der Waals surface area (Å²) in [7, 11) is 0. The molecule has 0 bridgehead atoms. The second-order valence-corrected chi connectivity index (χ2v) is 5.06. The van der Waals surface area contributed by atoms with Crippen LogP contribution in [0.1, 0.15) is 5.56 Å². The number of hydrogen-bond acceptors (Lipinski definition) is 5. The van der Waals surface area contributed by atoms with Crippen molar-refractivity contribution in [3.05, 3.63) is 66.7 Å². The normalized spacial score (nSPS) is 10.2. The van der Waals surface area contributed by atoms with Gasteiger partial charge in [-0.3, -0.25) is 20.2 Å². The van der Waals surface area contributed by atoms with Crippen LogP contribution in [0.15, 0.2) is 40.9 Å². The van der Waals surface area contributed by atoms with E-state index < -0.39 is 15.5 Å². The van der Waals surface area contributed by atoms with Crippen molar-refractivity contribution in [3.63, 3.8) is 0 Å². The van der Waals surface area contributed by atoms with Gasteiger partial charge in [-0.1, -0.05) is 6.07 Å². The molecule has 21 heavy (non-hydrogen) atoms. The van der Waals surface area contributed by atoms with Crippen molar-refractivity contribution in [2.75, 3.05) is 0 Å². The molecule has 0 aliphatic heterocycles. The molecule has 0 N–H and O–H groups in total. The van der Waals surface area contributed by atoms with Gasteiger partial charge in [0, 0.05) is 6.07 Å². The van der Waals surface area contributed by atoms with Gasteiger partial charge in [-0.2, -0.15) is 0 Å². The third-order valence-electron chi connectivity index (χ3n) is 2.66. The lowest BCUT2D eigenvalue weighted by atomic mass is 10.2. The molecule has 0 amide bonds. The Morgan fingerprint density at radius 3 is 2.24 bits per heavy atom. The monoisotopic (exact) mass is 352 g/mol. The minimum absolute atomic E-state index is 0.0600. The highest BCUT2D eigenvalue weighted by Crippen LogP contribution is 2.37. The molecule has 0 fully saturated rings. The van der Waals surface area contributed by atoms with Crippen molar-refractivity contribution in [2.24, 2.45) is 0 Å². The van der Waals surface area contributed by atoms with Crippen LogP contribution in [0.2, 0.25) is 0 Å². The first-order valence-electron chi connectivity index (χ1n) is 5.75. The minimum Gasteiger partial charge on any atom is -0.449 e. The Morgan fingerprint density at radius 1 is 1.00 bits per heavy atom. The van der Waals surface area contributed by atoms with Gasteiger partial charge in [0.1, 0.15) is 5.75 Å². The Morgan fingerprint density at radius 2 is 1.67 bits per heavy atom. The molecule has 0 unspecified atom stereocenters. The van der Waals surface area contributed by atoms with E-state index in [0.29, 0.717) is 10.2 Å². The van der Waals surface area contributed by atoms with Gasteiger partial charge in [0.2, 0.25) is 5.75 Å². The molecule has 0 aliphatic rings. The third-order valence-corrected chi connectivity index (χ3v) is 3.28. The van der Waals surface area contributed by atoms with Crippen molar-refractivity contribution >= 4 is 27.3 Å². The van der Waals surface area contributed by atoms with E-state index in [0.717, 1.165) is 17.7 Å². The molecule has 0 radical (unpaired) electrons. The predicted octanol–water partition coefficient (Wildman–Crippen LogP) is 4.37. The van der Waals surface area contributed by atoms with Crippen LogP contribution in [0, 0.1) is 27.2 Å². The van der Waals surface area contributed by atoms with Gasteiger partial charge in [0.05, 0.1) is 20.4 Å². The molecule has 0 saturated heterocycles. The van der Waals surface area contributed by atoms with E-state index in [1.165, 1.54) is 6.07 Å². The second kappa shape index (κ2) is 5.88. The molecule has 0 aromatic heterocycles. The summed E-state index contributed by atoms with van der Waals surface area (Å²) in [6.45, 7) is 1.89. The number of halogens is 1. The van der Waals surface area contributed by atoms with Gasteiger partial charge in [-0.25, -0.2) is 0 Å². The van der Waals surface area contributed by atoms with Crippen molar-refractivity contribution in [2.45, 2.75) is 6.92 Å². The molecule has 0 heterocycles. The number of rotatable bonds is 4. The van der Waals surface area contributed by atoms with Crippen molar-refractivity contribution in [3.8, 4) is 11.5 Å². The lowest BCUT2D eigenvalue weighted by molar-refractivity contribution is -0.394. The summed E-state index contributed by atoms with van der Waals surface area (Å²) in [4.78, 5) is 20.3. The van der Waals surface area contributed by atoms with Gasteiger partial charge in [-0.15, -0.1) is 0 Å². The third kappa shape index (κ3) is 3.34. The maximum absolute atomic E-state index is 11.0. The summed E-state index contributed by atoms with van der Waals surface area (Å²) >= 11 is 3.30. The summed E-state index contributed by atoms with van der Waals surface area (Å²) in [5.41, 5.74) is 0.168. The van der Waals surface area contributed by atoms with Crippen LogP contribution in [0.25, 0.3) is 0 Å². The number of nitrogens with zero attached hydrogens (tertiary/aromatic N) is 2. The van der Waals surface area contributed by atoms with Gasteiger partial charge in [0.15, 0.2) is 0 Å². The summed E-state index contributed by atoms with van der Waals surface area (Å²) in [5.74, 6) is 0.327. The van der Waals surface area contributed by atoms with E-state index in [1.807, 2.05) is 6.92 Å². The van der Waals surface area contributed by atoms with E-state index in [-0.39, 0.29) is 11.4 Å². The first-order valence-corrected chi connectivity index (χ1v) is 6.54. The van der Waals surface area contributed by atoms with Gasteiger partial charge >= 0.3 is 5.69 Å². The van der Waals surface area contributed by atoms with Gasteiger partial charge in [-0.05, 0) is 46.6 Å². The summed E-state index contributed by atoms with van der Waals surface area (Å²) in [5, 5.41) is 21.7. The lowest BCUT2D eigenvalue weighted by Gasteiger charge is -2.08. The highest BCUT2D eigenvalue weighted by Gasteiger charge is 2.21. The minimum atomic E-state index is -0.718. The van der Waals surface area contributed by atoms with Crippen molar-refractivity contribution < 1.29 is 14.6 Å². The smallest absolute Gasteiger partial charge is 0.318 e. The number of benzene rings is 2. The molecule has 2 rings (SSSR count). The Labute approximate surface area is 127 Å². The molecule has 0 spiro atoms. The summed E-state index contributed by atoms with van der Waals surface area (Å²) < 4.78 is 6.11. The Kier molecular flexibility index (Phi) is 4.18. The molecule has 0 aliphatic carbocycles. The summed E-state index contributed by atoms with van der Waals surface area (Å²) in [6, 6.07) is 8.48. The largest absolute Gasteiger partial charge is 0.449 e. The number of nitro groups is 2. The van der Waals surface area contributed by atoms with Crippen molar-refractivity contribution in [1.82, 2.24) is 0 Å². The van der Waals surface area contributed by atoms with E-state index in [1.54, 1.807) is 18.2 Å².